The molecule has 0 radical (unpaired) electrons. The number of carbonyl (C=O) groups excluding carboxylic acids is 1. The molecule has 0 atom stereocenters. The van der Waals surface area contributed by atoms with E-state index in [0.29, 0.717) is 35.2 Å². The molecule has 1 N–H and O–H groups in total. The van der Waals surface area contributed by atoms with Gasteiger partial charge in [-0.05, 0) is 48.9 Å². The fourth-order valence-corrected chi connectivity index (χ4v) is 2.00. The number of rotatable bonds is 6. The minimum absolute atomic E-state index is 0.191. The van der Waals surface area contributed by atoms with Crippen LogP contribution in [0.3, 0.4) is 0 Å². The topological polar surface area (TPSA) is 47.6 Å². The molecule has 0 saturated heterocycles. The molecule has 4 nitrogen and oxygen atoms in total. The van der Waals surface area contributed by atoms with Gasteiger partial charge in [-0.25, -0.2) is 0 Å². The van der Waals surface area contributed by atoms with E-state index in [2.05, 4.69) is 5.32 Å². The first-order valence-corrected chi connectivity index (χ1v) is 7.27. The number of aryl methyl sites for hydroxylation is 1. The molecule has 22 heavy (non-hydrogen) atoms. The van der Waals surface area contributed by atoms with Crippen molar-refractivity contribution >= 4 is 23.2 Å². The van der Waals surface area contributed by atoms with Crippen molar-refractivity contribution in [3.63, 3.8) is 0 Å². The Morgan fingerprint density at radius 3 is 2.50 bits per heavy atom. The summed E-state index contributed by atoms with van der Waals surface area (Å²) in [6.07, 6.45) is 0. The van der Waals surface area contributed by atoms with E-state index in [1.54, 1.807) is 37.4 Å². The van der Waals surface area contributed by atoms with Gasteiger partial charge >= 0.3 is 0 Å². The van der Waals surface area contributed by atoms with E-state index in [9.17, 15) is 4.79 Å². The Kier molecular flexibility index (Phi) is 5.81. The van der Waals surface area contributed by atoms with Crippen molar-refractivity contribution in [2.24, 2.45) is 0 Å². The van der Waals surface area contributed by atoms with Crippen molar-refractivity contribution in [3.05, 3.63) is 58.6 Å². The maximum atomic E-state index is 12.2. The van der Waals surface area contributed by atoms with Crippen LogP contribution in [-0.2, 0) is 4.74 Å². The Morgan fingerprint density at radius 2 is 1.86 bits per heavy atom. The average Bonchev–Trinajstić information content (AvgIpc) is 2.52. The summed E-state index contributed by atoms with van der Waals surface area (Å²) >= 11 is 6.05. The lowest BCUT2D eigenvalue weighted by molar-refractivity contribution is 0.102. The van der Waals surface area contributed by atoms with Gasteiger partial charge in [0, 0.05) is 23.4 Å². The van der Waals surface area contributed by atoms with Crippen LogP contribution < -0.4 is 10.1 Å². The predicted molar refractivity (Wildman–Crippen MR) is 88.0 cm³/mol. The Hall–Kier alpha value is -2.04. The van der Waals surface area contributed by atoms with Crippen molar-refractivity contribution in [1.29, 1.82) is 0 Å². The maximum Gasteiger partial charge on any atom is 0.255 e. The van der Waals surface area contributed by atoms with Crippen LogP contribution >= 0.6 is 11.6 Å². The standard InChI is InChI=1S/C17H18ClNO3/c1-12-3-6-14(11-16(12)18)19-17(20)13-4-7-15(8-5-13)22-10-9-21-2/h3-8,11H,9-10H2,1-2H3,(H,19,20). The summed E-state index contributed by atoms with van der Waals surface area (Å²) < 4.78 is 10.4. The lowest BCUT2D eigenvalue weighted by atomic mass is 10.2. The highest BCUT2D eigenvalue weighted by molar-refractivity contribution is 6.31. The van der Waals surface area contributed by atoms with Gasteiger partial charge in [-0.15, -0.1) is 0 Å². The summed E-state index contributed by atoms with van der Waals surface area (Å²) in [6.45, 7) is 2.91. The highest BCUT2D eigenvalue weighted by Crippen LogP contribution is 2.21. The molecule has 2 aromatic rings. The van der Waals surface area contributed by atoms with Crippen LogP contribution in [0.2, 0.25) is 5.02 Å². The van der Waals surface area contributed by atoms with E-state index in [1.807, 2.05) is 19.1 Å². The highest BCUT2D eigenvalue weighted by Gasteiger charge is 2.07. The van der Waals surface area contributed by atoms with Crippen LogP contribution in [0.15, 0.2) is 42.5 Å². The monoisotopic (exact) mass is 319 g/mol. The molecular weight excluding hydrogens is 302 g/mol. The number of methoxy groups -OCH3 is 1. The molecule has 0 aliphatic heterocycles. The molecule has 0 spiro atoms. The van der Waals surface area contributed by atoms with E-state index >= 15 is 0 Å². The van der Waals surface area contributed by atoms with Gasteiger partial charge in [-0.3, -0.25) is 4.79 Å². The Balaban J connectivity index is 1.98. The van der Waals surface area contributed by atoms with Crippen molar-refractivity contribution in [1.82, 2.24) is 0 Å². The number of ether oxygens (including phenoxy) is 2. The normalized spacial score (nSPS) is 10.3. The molecule has 0 saturated carbocycles. The minimum atomic E-state index is -0.191. The van der Waals surface area contributed by atoms with Crippen LogP contribution in [0.4, 0.5) is 5.69 Å². The van der Waals surface area contributed by atoms with Gasteiger partial charge in [-0.1, -0.05) is 17.7 Å². The third-order valence-electron chi connectivity index (χ3n) is 3.10. The van der Waals surface area contributed by atoms with Crippen molar-refractivity contribution in [3.8, 4) is 5.75 Å². The number of halogens is 1. The number of carbonyl (C=O) groups is 1. The highest BCUT2D eigenvalue weighted by atomic mass is 35.5. The molecule has 1 amide bonds. The largest absolute Gasteiger partial charge is 0.491 e. The molecule has 0 aromatic heterocycles. The summed E-state index contributed by atoms with van der Waals surface area (Å²) in [5.41, 5.74) is 2.19. The first-order chi connectivity index (χ1) is 10.6. The van der Waals surface area contributed by atoms with Crippen LogP contribution in [-0.4, -0.2) is 26.2 Å². The summed E-state index contributed by atoms with van der Waals surface area (Å²) in [6, 6.07) is 12.4. The van der Waals surface area contributed by atoms with E-state index in [4.69, 9.17) is 21.1 Å². The van der Waals surface area contributed by atoms with Gasteiger partial charge in [0.05, 0.1) is 6.61 Å². The fourth-order valence-electron chi connectivity index (χ4n) is 1.82. The zero-order valence-corrected chi connectivity index (χ0v) is 13.3. The fraction of sp³-hybridized carbons (Fsp3) is 0.235. The Bertz CT molecular complexity index is 641. The number of hydrogen-bond acceptors (Lipinski definition) is 3. The van der Waals surface area contributed by atoms with E-state index in [-0.39, 0.29) is 5.91 Å². The molecule has 0 heterocycles. The van der Waals surface area contributed by atoms with Crippen LogP contribution in [0.25, 0.3) is 0 Å². The zero-order valence-electron chi connectivity index (χ0n) is 12.6. The molecule has 116 valence electrons. The average molecular weight is 320 g/mol. The Morgan fingerprint density at radius 1 is 1.14 bits per heavy atom. The number of nitrogens with one attached hydrogen (secondary N) is 1. The van der Waals surface area contributed by atoms with Gasteiger partial charge in [-0.2, -0.15) is 0 Å². The van der Waals surface area contributed by atoms with Crippen LogP contribution in [0.1, 0.15) is 15.9 Å². The van der Waals surface area contributed by atoms with Gasteiger partial charge in [0.15, 0.2) is 0 Å². The molecule has 0 fully saturated rings. The van der Waals surface area contributed by atoms with Gasteiger partial charge in [0.25, 0.3) is 5.91 Å². The SMILES string of the molecule is COCCOc1ccc(C(=O)Nc2ccc(C)c(Cl)c2)cc1. The van der Waals surface area contributed by atoms with Crippen LogP contribution in [0.5, 0.6) is 5.75 Å². The molecule has 2 rings (SSSR count). The second kappa shape index (κ2) is 7.82. The summed E-state index contributed by atoms with van der Waals surface area (Å²) in [5, 5.41) is 3.44. The molecule has 0 aliphatic carbocycles. The Labute approximate surface area is 135 Å². The van der Waals surface area contributed by atoms with Crippen molar-refractivity contribution in [2.75, 3.05) is 25.6 Å². The second-order valence-corrected chi connectivity index (χ2v) is 5.19. The number of amides is 1. The third kappa shape index (κ3) is 4.48. The van der Waals surface area contributed by atoms with E-state index in [0.717, 1.165) is 5.56 Å². The molecule has 0 bridgehead atoms. The smallest absolute Gasteiger partial charge is 0.255 e. The number of hydrogen-bond donors (Lipinski definition) is 1. The van der Waals surface area contributed by atoms with Crippen LogP contribution in [0, 0.1) is 6.92 Å². The third-order valence-corrected chi connectivity index (χ3v) is 3.51. The first-order valence-electron chi connectivity index (χ1n) is 6.89. The lowest BCUT2D eigenvalue weighted by Crippen LogP contribution is -2.12. The lowest BCUT2D eigenvalue weighted by Gasteiger charge is -2.08. The van der Waals surface area contributed by atoms with Gasteiger partial charge in [0.2, 0.25) is 0 Å². The molecule has 5 heteroatoms. The minimum Gasteiger partial charge on any atom is -0.491 e. The zero-order chi connectivity index (χ0) is 15.9. The molecular formula is C17H18ClNO3. The maximum absolute atomic E-state index is 12.2. The van der Waals surface area contributed by atoms with Crippen molar-refractivity contribution in [2.45, 2.75) is 6.92 Å². The summed E-state index contributed by atoms with van der Waals surface area (Å²) in [5.74, 6) is 0.510. The van der Waals surface area contributed by atoms with E-state index < -0.39 is 0 Å². The second-order valence-electron chi connectivity index (χ2n) is 4.78. The quantitative estimate of drug-likeness (QED) is 0.821. The summed E-state index contributed by atoms with van der Waals surface area (Å²) in [7, 11) is 1.62. The first kappa shape index (κ1) is 16.3. The van der Waals surface area contributed by atoms with Gasteiger partial charge in [0.1, 0.15) is 12.4 Å². The van der Waals surface area contributed by atoms with Crippen molar-refractivity contribution < 1.29 is 14.3 Å². The number of benzene rings is 2. The van der Waals surface area contributed by atoms with E-state index in [1.165, 1.54) is 0 Å². The predicted octanol–water partition coefficient (Wildman–Crippen LogP) is 3.93. The summed E-state index contributed by atoms with van der Waals surface area (Å²) in [4.78, 5) is 12.2. The molecule has 2 aromatic carbocycles. The molecule has 0 unspecified atom stereocenters. The molecule has 0 aliphatic rings. The van der Waals surface area contributed by atoms with Gasteiger partial charge < -0.3 is 14.8 Å². The number of anilines is 1.